The van der Waals surface area contributed by atoms with Gasteiger partial charge in [0.05, 0.1) is 11.1 Å². The first kappa shape index (κ1) is 10.8. The Bertz CT molecular complexity index is 384. The topological polar surface area (TPSA) is 76.2 Å². The van der Waals surface area contributed by atoms with Crippen molar-refractivity contribution in [1.29, 1.82) is 0 Å². The van der Waals surface area contributed by atoms with Crippen molar-refractivity contribution in [3.63, 3.8) is 0 Å². The second kappa shape index (κ2) is 3.87. The number of aromatic nitrogens is 1. The third kappa shape index (κ3) is 1.98. The third-order valence-electron chi connectivity index (χ3n) is 1.48. The summed E-state index contributed by atoms with van der Waals surface area (Å²) in [5.41, 5.74) is 4.01. The van der Waals surface area contributed by atoms with Crippen molar-refractivity contribution in [2.75, 3.05) is 5.73 Å². The van der Waals surface area contributed by atoms with Gasteiger partial charge in [-0.1, -0.05) is 0 Å². The molecule has 0 saturated carbocycles. The molecule has 0 radical (unpaired) electrons. The number of halogens is 3. The van der Waals surface area contributed by atoms with Crippen molar-refractivity contribution < 1.29 is 18.7 Å². The molecule has 4 nitrogen and oxygen atoms in total. The molecule has 3 N–H and O–H groups in total. The van der Waals surface area contributed by atoms with E-state index >= 15 is 0 Å². The molecule has 14 heavy (non-hydrogen) atoms. The number of nitrogens with two attached hydrogens (primary N) is 1. The largest absolute Gasteiger partial charge is 0.478 e. The van der Waals surface area contributed by atoms with Gasteiger partial charge in [-0.15, -0.1) is 0 Å². The molecule has 1 rings (SSSR count). The molecule has 7 heteroatoms. The van der Waals surface area contributed by atoms with Gasteiger partial charge < -0.3 is 10.8 Å². The maximum atomic E-state index is 12.4. The summed E-state index contributed by atoms with van der Waals surface area (Å²) in [6, 6.07) is 0.897. The number of pyridine rings is 1. The number of rotatable bonds is 2. The third-order valence-corrected chi connectivity index (χ3v) is 2.09. The Morgan fingerprint density at radius 3 is 2.64 bits per heavy atom. The van der Waals surface area contributed by atoms with E-state index < -0.39 is 23.5 Å². The van der Waals surface area contributed by atoms with Gasteiger partial charge in [-0.3, -0.25) is 0 Å². The number of carbonyl (C=O) groups is 1. The molecule has 0 aromatic carbocycles. The molecule has 76 valence electrons. The molecular formula is C7H5BrF2N2O2. The molecular weight excluding hydrogens is 262 g/mol. The number of aromatic carboxylic acids is 1. The molecule has 1 aromatic heterocycles. The highest BCUT2D eigenvalue weighted by Crippen LogP contribution is 2.30. The minimum atomic E-state index is -2.91. The van der Waals surface area contributed by atoms with Crippen molar-refractivity contribution in [1.82, 2.24) is 4.98 Å². The normalized spacial score (nSPS) is 10.6. The van der Waals surface area contributed by atoms with Gasteiger partial charge >= 0.3 is 5.97 Å². The fourth-order valence-corrected chi connectivity index (χ4v) is 1.52. The highest BCUT2D eigenvalue weighted by atomic mass is 79.9. The Hall–Kier alpha value is -1.24. The van der Waals surface area contributed by atoms with Crippen molar-refractivity contribution >= 4 is 27.7 Å². The molecule has 0 bridgehead atoms. The van der Waals surface area contributed by atoms with Crippen molar-refractivity contribution in [2.45, 2.75) is 6.43 Å². The van der Waals surface area contributed by atoms with Gasteiger partial charge in [0.2, 0.25) is 0 Å². The summed E-state index contributed by atoms with van der Waals surface area (Å²) < 4.78 is 24.6. The zero-order chi connectivity index (χ0) is 10.9. The summed E-state index contributed by atoms with van der Waals surface area (Å²) in [6.45, 7) is 0. The minimum absolute atomic E-state index is 0.126. The Morgan fingerprint density at radius 1 is 1.64 bits per heavy atom. The van der Waals surface area contributed by atoms with Crippen LogP contribution in [0.25, 0.3) is 0 Å². The standard InChI is InChI=1S/C7H5BrF2N2O2/c8-5-4(6(9)10)2(7(13)14)1-3(11)12-5/h1,6H,(H2,11,12)(H,13,14). The Balaban J connectivity index is 3.44. The van der Waals surface area contributed by atoms with Crippen LogP contribution in [0.4, 0.5) is 14.6 Å². The molecule has 0 amide bonds. The first-order valence-corrected chi connectivity index (χ1v) is 4.20. The maximum absolute atomic E-state index is 12.4. The summed E-state index contributed by atoms with van der Waals surface area (Å²) >= 11 is 2.73. The van der Waals surface area contributed by atoms with E-state index in [2.05, 4.69) is 20.9 Å². The lowest BCUT2D eigenvalue weighted by Crippen LogP contribution is -2.07. The van der Waals surface area contributed by atoms with Crippen LogP contribution in [-0.4, -0.2) is 16.1 Å². The number of hydrogen-bond donors (Lipinski definition) is 2. The van der Waals surface area contributed by atoms with Gasteiger partial charge in [0, 0.05) is 0 Å². The Morgan fingerprint density at radius 2 is 2.21 bits per heavy atom. The van der Waals surface area contributed by atoms with Gasteiger partial charge in [-0.25, -0.2) is 18.6 Å². The number of nitrogen functional groups attached to an aromatic ring is 1. The van der Waals surface area contributed by atoms with Crippen LogP contribution in [-0.2, 0) is 0 Å². The number of anilines is 1. The summed E-state index contributed by atoms with van der Waals surface area (Å²) in [6.07, 6.45) is -2.91. The molecule has 0 fully saturated rings. The van der Waals surface area contributed by atoms with E-state index in [4.69, 9.17) is 10.8 Å². The number of carboxylic acid groups (broad SMARTS) is 1. The number of carboxylic acids is 1. The van der Waals surface area contributed by atoms with E-state index in [1.807, 2.05) is 0 Å². The van der Waals surface area contributed by atoms with E-state index in [1.54, 1.807) is 0 Å². The van der Waals surface area contributed by atoms with Crippen LogP contribution >= 0.6 is 15.9 Å². The zero-order valence-corrected chi connectivity index (χ0v) is 8.25. The highest BCUT2D eigenvalue weighted by Gasteiger charge is 2.22. The SMILES string of the molecule is Nc1cc(C(=O)O)c(C(F)F)c(Br)n1. The van der Waals surface area contributed by atoms with Crippen LogP contribution < -0.4 is 5.73 Å². The lowest BCUT2D eigenvalue weighted by atomic mass is 10.1. The van der Waals surface area contributed by atoms with Crippen molar-refractivity contribution in [3.8, 4) is 0 Å². The van der Waals surface area contributed by atoms with Crippen LogP contribution in [0.3, 0.4) is 0 Å². The summed E-state index contributed by atoms with van der Waals surface area (Å²) in [4.78, 5) is 14.1. The summed E-state index contributed by atoms with van der Waals surface area (Å²) in [7, 11) is 0. The van der Waals surface area contributed by atoms with E-state index in [-0.39, 0.29) is 10.4 Å². The molecule has 0 aliphatic heterocycles. The fourth-order valence-electron chi connectivity index (χ4n) is 0.927. The minimum Gasteiger partial charge on any atom is -0.478 e. The molecule has 0 unspecified atom stereocenters. The zero-order valence-electron chi connectivity index (χ0n) is 6.67. The summed E-state index contributed by atoms with van der Waals surface area (Å²) in [5, 5.41) is 8.63. The Labute approximate surface area is 85.9 Å². The Kier molecular flexibility index (Phi) is 3.00. The van der Waals surface area contributed by atoms with E-state index in [1.165, 1.54) is 0 Å². The molecule has 0 aliphatic rings. The monoisotopic (exact) mass is 266 g/mol. The van der Waals surface area contributed by atoms with Crippen molar-refractivity contribution in [2.24, 2.45) is 0 Å². The molecule has 1 aromatic rings. The second-order valence-corrected chi connectivity index (χ2v) is 3.16. The predicted octanol–water partition coefficient (Wildman–Crippen LogP) is 2.06. The van der Waals surface area contributed by atoms with Crippen LogP contribution in [0.2, 0.25) is 0 Å². The van der Waals surface area contributed by atoms with Gasteiger partial charge in [0.15, 0.2) is 0 Å². The van der Waals surface area contributed by atoms with Crippen LogP contribution in [0.1, 0.15) is 22.3 Å². The second-order valence-electron chi connectivity index (χ2n) is 2.41. The van der Waals surface area contributed by atoms with Crippen LogP contribution in [0.15, 0.2) is 10.7 Å². The molecule has 0 saturated heterocycles. The smallest absolute Gasteiger partial charge is 0.336 e. The van der Waals surface area contributed by atoms with Crippen LogP contribution in [0.5, 0.6) is 0 Å². The van der Waals surface area contributed by atoms with Gasteiger partial charge in [0.25, 0.3) is 6.43 Å². The number of nitrogens with zero attached hydrogens (tertiary/aromatic N) is 1. The summed E-state index contributed by atoms with van der Waals surface area (Å²) in [5.74, 6) is -1.59. The van der Waals surface area contributed by atoms with E-state index in [0.717, 1.165) is 6.07 Å². The van der Waals surface area contributed by atoms with Gasteiger partial charge in [-0.05, 0) is 22.0 Å². The average Bonchev–Trinajstić information content (AvgIpc) is 2.01. The molecule has 1 heterocycles. The van der Waals surface area contributed by atoms with Gasteiger partial charge in [0.1, 0.15) is 10.4 Å². The van der Waals surface area contributed by atoms with E-state index in [9.17, 15) is 13.6 Å². The highest BCUT2D eigenvalue weighted by molar-refractivity contribution is 9.10. The number of hydrogen-bond acceptors (Lipinski definition) is 3. The van der Waals surface area contributed by atoms with E-state index in [0.29, 0.717) is 0 Å². The maximum Gasteiger partial charge on any atom is 0.336 e. The molecule has 0 spiro atoms. The van der Waals surface area contributed by atoms with Crippen molar-refractivity contribution in [3.05, 3.63) is 21.8 Å². The lowest BCUT2D eigenvalue weighted by Gasteiger charge is -2.07. The van der Waals surface area contributed by atoms with Gasteiger partial charge in [-0.2, -0.15) is 0 Å². The molecule has 0 aliphatic carbocycles. The quantitative estimate of drug-likeness (QED) is 0.804. The lowest BCUT2D eigenvalue weighted by molar-refractivity contribution is 0.0684. The average molecular weight is 267 g/mol. The first-order chi connectivity index (χ1) is 6.43. The predicted molar refractivity (Wildman–Crippen MR) is 48.3 cm³/mol. The van der Waals surface area contributed by atoms with Crippen LogP contribution in [0, 0.1) is 0 Å². The first-order valence-electron chi connectivity index (χ1n) is 3.41. The fraction of sp³-hybridized carbons (Fsp3) is 0.143. The number of alkyl halides is 2. The molecule has 0 atom stereocenters.